The van der Waals surface area contributed by atoms with Crippen molar-refractivity contribution in [3.05, 3.63) is 89.1 Å². The largest absolute Gasteiger partial charge is 0.212 e. The molecule has 3 aromatic carbocycles. The van der Waals surface area contributed by atoms with Crippen LogP contribution in [0.2, 0.25) is 0 Å². The highest BCUT2D eigenvalue weighted by Crippen LogP contribution is 2.57. The molecule has 0 atom stereocenters. The van der Waals surface area contributed by atoms with Gasteiger partial charge in [-0.2, -0.15) is 0 Å². The molecule has 1 heteroatoms. The number of aromatic nitrogens is 1. The van der Waals surface area contributed by atoms with Crippen molar-refractivity contribution in [1.29, 1.82) is 0 Å². The Morgan fingerprint density at radius 1 is 0.677 bits per heavy atom. The van der Waals surface area contributed by atoms with E-state index < -0.39 is 0 Å². The molecule has 1 aromatic heterocycles. The zero-order valence-corrected chi connectivity index (χ0v) is 19.8. The lowest BCUT2D eigenvalue weighted by atomic mass is 9.53. The smallest absolute Gasteiger partial charge is 0.201 e. The van der Waals surface area contributed by atoms with Gasteiger partial charge in [-0.1, -0.05) is 76.2 Å². The monoisotopic (exact) mass is 406 g/mol. The fourth-order valence-corrected chi connectivity index (χ4v) is 5.71. The molecule has 4 aromatic rings. The number of pyridine rings is 1. The van der Waals surface area contributed by atoms with Crippen LogP contribution in [0.5, 0.6) is 0 Å². The van der Waals surface area contributed by atoms with Crippen LogP contribution in [-0.4, -0.2) is 0 Å². The van der Waals surface area contributed by atoms with Crippen LogP contribution in [0.15, 0.2) is 66.9 Å². The second kappa shape index (κ2) is 6.53. The first-order valence-corrected chi connectivity index (χ1v) is 11.3. The van der Waals surface area contributed by atoms with Crippen molar-refractivity contribution in [1.82, 2.24) is 0 Å². The van der Waals surface area contributed by atoms with E-state index in [0.29, 0.717) is 0 Å². The molecule has 1 nitrogen and oxygen atoms in total. The second-order valence-electron chi connectivity index (χ2n) is 10.3. The fourth-order valence-electron chi connectivity index (χ4n) is 5.71. The van der Waals surface area contributed by atoms with E-state index in [9.17, 15) is 0 Å². The van der Waals surface area contributed by atoms with Crippen molar-refractivity contribution in [3.8, 4) is 22.4 Å². The van der Waals surface area contributed by atoms with Gasteiger partial charge in [-0.25, -0.2) is 4.57 Å². The Bertz CT molecular complexity index is 1350. The van der Waals surface area contributed by atoms with Gasteiger partial charge in [0.1, 0.15) is 7.05 Å². The Morgan fingerprint density at radius 2 is 1.32 bits per heavy atom. The van der Waals surface area contributed by atoms with E-state index in [1.54, 1.807) is 0 Å². The van der Waals surface area contributed by atoms with Gasteiger partial charge in [0.25, 0.3) is 0 Å². The predicted molar refractivity (Wildman–Crippen MR) is 132 cm³/mol. The van der Waals surface area contributed by atoms with Gasteiger partial charge in [-0.05, 0) is 58.5 Å². The third-order valence-corrected chi connectivity index (χ3v) is 7.98. The molecular weight excluding hydrogens is 374 g/mol. The number of nitrogens with zero attached hydrogens (tertiary/aromatic N) is 1. The van der Waals surface area contributed by atoms with E-state index in [1.807, 2.05) is 0 Å². The van der Waals surface area contributed by atoms with Crippen molar-refractivity contribution in [2.75, 3.05) is 0 Å². The maximum Gasteiger partial charge on any atom is 0.212 e. The molecule has 0 saturated heterocycles. The molecule has 1 aliphatic carbocycles. The standard InChI is InChI=1S/C30H32N/c1-19-12-17-25(31(7)18-19)26-20(2)13-15-24-23-16-14-21-10-8-9-11-22(21)27(23)29(3,4)30(5,6)28(24)26/h8-18H,1-7H3/q+1. The quantitative estimate of drug-likeness (QED) is 0.295. The van der Waals surface area contributed by atoms with Crippen molar-refractivity contribution in [3.63, 3.8) is 0 Å². The van der Waals surface area contributed by atoms with E-state index >= 15 is 0 Å². The number of hydrogen-bond acceptors (Lipinski definition) is 0. The van der Waals surface area contributed by atoms with Gasteiger partial charge in [-0.3, -0.25) is 0 Å². The molecule has 0 spiro atoms. The van der Waals surface area contributed by atoms with Gasteiger partial charge in [0, 0.05) is 22.5 Å². The Labute approximate surface area is 186 Å². The van der Waals surface area contributed by atoms with Crippen molar-refractivity contribution >= 4 is 10.8 Å². The van der Waals surface area contributed by atoms with Crippen LogP contribution in [0.3, 0.4) is 0 Å². The number of hydrogen-bond donors (Lipinski definition) is 0. The first-order valence-electron chi connectivity index (χ1n) is 11.3. The maximum absolute atomic E-state index is 2.44. The normalized spacial score (nSPS) is 16.1. The number of rotatable bonds is 1. The van der Waals surface area contributed by atoms with Gasteiger partial charge in [-0.15, -0.1) is 0 Å². The van der Waals surface area contributed by atoms with E-state index in [4.69, 9.17) is 0 Å². The average molecular weight is 407 g/mol. The first-order chi connectivity index (χ1) is 14.6. The third-order valence-electron chi connectivity index (χ3n) is 7.98. The molecule has 0 amide bonds. The zero-order valence-electron chi connectivity index (χ0n) is 19.8. The summed E-state index contributed by atoms with van der Waals surface area (Å²) in [5, 5.41) is 2.71. The Balaban J connectivity index is 1.95. The number of benzene rings is 3. The van der Waals surface area contributed by atoms with Crippen LogP contribution >= 0.6 is 0 Å². The molecule has 1 aliphatic rings. The van der Waals surface area contributed by atoms with Crippen LogP contribution in [0.25, 0.3) is 33.2 Å². The topological polar surface area (TPSA) is 3.88 Å². The summed E-state index contributed by atoms with van der Waals surface area (Å²) in [4.78, 5) is 0. The highest BCUT2D eigenvalue weighted by Gasteiger charge is 2.48. The lowest BCUT2D eigenvalue weighted by molar-refractivity contribution is -0.660. The summed E-state index contributed by atoms with van der Waals surface area (Å²) in [7, 11) is 2.17. The molecule has 0 aliphatic heterocycles. The summed E-state index contributed by atoms with van der Waals surface area (Å²) >= 11 is 0. The maximum atomic E-state index is 2.44. The predicted octanol–water partition coefficient (Wildman–Crippen LogP) is 7.18. The van der Waals surface area contributed by atoms with Gasteiger partial charge in [0.2, 0.25) is 5.69 Å². The van der Waals surface area contributed by atoms with Crippen molar-refractivity contribution in [2.45, 2.75) is 52.4 Å². The lowest BCUT2D eigenvalue weighted by Crippen LogP contribution is -2.45. The van der Waals surface area contributed by atoms with E-state index in [1.165, 1.54) is 55.4 Å². The molecule has 0 N–H and O–H groups in total. The molecule has 5 rings (SSSR count). The van der Waals surface area contributed by atoms with Crippen LogP contribution in [0, 0.1) is 13.8 Å². The summed E-state index contributed by atoms with van der Waals surface area (Å²) in [5.74, 6) is 0. The molecular formula is C30H32N+. The molecule has 0 saturated carbocycles. The second-order valence-corrected chi connectivity index (χ2v) is 10.3. The number of aryl methyl sites for hydroxylation is 3. The minimum absolute atomic E-state index is 0.0258. The summed E-state index contributed by atoms with van der Waals surface area (Å²) in [6, 6.07) is 22.7. The SMILES string of the molecule is Cc1ccc(-c2c(C)ccc3c2C(C)(C)C(C)(C)c2c-3ccc3ccccc23)[n+](C)c1. The lowest BCUT2D eigenvalue weighted by Gasteiger charge is -2.49. The minimum Gasteiger partial charge on any atom is -0.201 e. The van der Waals surface area contributed by atoms with Gasteiger partial charge in [0.05, 0.1) is 5.56 Å². The average Bonchev–Trinajstić information content (AvgIpc) is 2.72. The van der Waals surface area contributed by atoms with Gasteiger partial charge < -0.3 is 0 Å². The van der Waals surface area contributed by atoms with Gasteiger partial charge in [0.15, 0.2) is 6.20 Å². The molecule has 0 radical (unpaired) electrons. The van der Waals surface area contributed by atoms with Crippen molar-refractivity contribution in [2.24, 2.45) is 7.05 Å². The van der Waals surface area contributed by atoms with E-state index in [0.717, 1.165) is 0 Å². The molecule has 0 unspecified atom stereocenters. The van der Waals surface area contributed by atoms with Crippen molar-refractivity contribution < 1.29 is 4.57 Å². The molecule has 0 fully saturated rings. The third kappa shape index (κ3) is 2.65. The molecule has 0 bridgehead atoms. The molecule has 31 heavy (non-hydrogen) atoms. The highest BCUT2D eigenvalue weighted by molar-refractivity contribution is 5.97. The summed E-state index contributed by atoms with van der Waals surface area (Å²) in [6.45, 7) is 14.2. The highest BCUT2D eigenvalue weighted by atomic mass is 14.9. The zero-order chi connectivity index (χ0) is 22.1. The Morgan fingerprint density at radius 3 is 2.06 bits per heavy atom. The van der Waals surface area contributed by atoms with Crippen LogP contribution in [0.1, 0.15) is 49.9 Å². The molecule has 1 heterocycles. The number of fused-ring (bicyclic) bond motifs is 5. The van der Waals surface area contributed by atoms with E-state index in [2.05, 4.69) is 120 Å². The molecule has 156 valence electrons. The van der Waals surface area contributed by atoms with Gasteiger partial charge >= 0.3 is 0 Å². The van der Waals surface area contributed by atoms with Crippen LogP contribution < -0.4 is 4.57 Å². The van der Waals surface area contributed by atoms with E-state index in [-0.39, 0.29) is 10.8 Å². The fraction of sp³-hybridized carbons (Fsp3) is 0.300. The summed E-state index contributed by atoms with van der Waals surface area (Å²) in [6.07, 6.45) is 2.23. The first kappa shape index (κ1) is 20.0. The van der Waals surface area contributed by atoms with Crippen LogP contribution in [-0.2, 0) is 17.9 Å². The Kier molecular flexibility index (Phi) is 4.21. The summed E-state index contributed by atoms with van der Waals surface area (Å²) < 4.78 is 2.29. The Hall–Kier alpha value is -2.93. The van der Waals surface area contributed by atoms with Crippen LogP contribution in [0.4, 0.5) is 0 Å². The minimum atomic E-state index is -0.0430. The summed E-state index contributed by atoms with van der Waals surface area (Å²) in [5.41, 5.74) is 10.9.